The van der Waals surface area contributed by atoms with Gasteiger partial charge in [-0.05, 0) is 19.9 Å². The second-order valence-corrected chi connectivity index (χ2v) is 3.44. The summed E-state index contributed by atoms with van der Waals surface area (Å²) >= 11 is 5.51. The predicted octanol–water partition coefficient (Wildman–Crippen LogP) is 1.07. The molecule has 13 heavy (non-hydrogen) atoms. The smallest absolute Gasteiger partial charge is 0.222 e. The Morgan fingerprint density at radius 2 is 2.15 bits per heavy atom. The minimum absolute atomic E-state index is 0.209. The van der Waals surface area contributed by atoms with Crippen molar-refractivity contribution in [2.45, 2.75) is 19.3 Å². The van der Waals surface area contributed by atoms with E-state index in [1.807, 2.05) is 14.1 Å². The number of rotatable bonds is 7. The third-order valence-electron chi connectivity index (χ3n) is 1.90. The molecule has 0 aliphatic rings. The number of amides is 1. The normalized spacial score (nSPS) is 10.1. The lowest BCUT2D eigenvalue weighted by atomic mass is 10.2. The van der Waals surface area contributed by atoms with Crippen LogP contribution in [0.15, 0.2) is 0 Å². The fourth-order valence-electron chi connectivity index (χ4n) is 0.966. The molecule has 0 spiro atoms. The minimum Gasteiger partial charge on any atom is -0.344 e. The van der Waals surface area contributed by atoms with Crippen LogP contribution in [-0.2, 0) is 4.79 Å². The van der Waals surface area contributed by atoms with E-state index in [-0.39, 0.29) is 5.91 Å². The summed E-state index contributed by atoms with van der Waals surface area (Å²) in [5.41, 5.74) is 0. The summed E-state index contributed by atoms with van der Waals surface area (Å²) in [5.74, 6) is 0.855. The molecule has 0 unspecified atom stereocenters. The van der Waals surface area contributed by atoms with Crippen LogP contribution < -0.4 is 5.32 Å². The number of nitrogens with zero attached hydrogens (tertiary/aromatic N) is 1. The highest BCUT2D eigenvalue weighted by atomic mass is 35.5. The van der Waals surface area contributed by atoms with E-state index < -0.39 is 0 Å². The maximum atomic E-state index is 11.4. The zero-order chi connectivity index (χ0) is 10.1. The summed E-state index contributed by atoms with van der Waals surface area (Å²) in [6, 6.07) is 0. The van der Waals surface area contributed by atoms with E-state index >= 15 is 0 Å². The van der Waals surface area contributed by atoms with Crippen LogP contribution in [0.1, 0.15) is 19.3 Å². The van der Waals surface area contributed by atoms with Crippen LogP contribution in [0.3, 0.4) is 0 Å². The average molecular weight is 207 g/mol. The zero-order valence-electron chi connectivity index (χ0n) is 8.48. The molecule has 0 atom stereocenters. The van der Waals surface area contributed by atoms with Crippen LogP contribution in [-0.4, -0.2) is 43.9 Å². The first-order chi connectivity index (χ1) is 6.22. The molecular weight excluding hydrogens is 188 g/mol. The summed E-state index contributed by atoms with van der Waals surface area (Å²) in [6.45, 7) is 1.62. The maximum Gasteiger partial charge on any atom is 0.222 e. The first-order valence-corrected chi connectivity index (χ1v) is 5.20. The van der Waals surface area contributed by atoms with Gasteiger partial charge < -0.3 is 10.2 Å². The van der Waals surface area contributed by atoms with Crippen molar-refractivity contribution in [3.05, 3.63) is 0 Å². The second-order valence-electron chi connectivity index (χ2n) is 3.06. The van der Waals surface area contributed by atoms with Gasteiger partial charge in [-0.1, -0.05) is 0 Å². The molecule has 0 aromatic carbocycles. The Morgan fingerprint density at radius 1 is 1.46 bits per heavy atom. The molecule has 0 aliphatic carbocycles. The standard InChI is InChI=1S/C9H19ClN2O/c1-11-7-8-12(2)9(13)5-3-4-6-10/h11H,3-8H2,1-2H3. The number of halogens is 1. The van der Waals surface area contributed by atoms with Gasteiger partial charge in [-0.15, -0.1) is 11.6 Å². The molecule has 0 heterocycles. The molecule has 0 aromatic heterocycles. The summed E-state index contributed by atoms with van der Waals surface area (Å²) < 4.78 is 0. The highest BCUT2D eigenvalue weighted by Crippen LogP contribution is 2.00. The average Bonchev–Trinajstić information content (AvgIpc) is 2.14. The summed E-state index contributed by atoms with van der Waals surface area (Å²) in [7, 11) is 3.71. The molecule has 4 heteroatoms. The Labute approximate surface area is 85.4 Å². The van der Waals surface area contributed by atoms with E-state index in [1.165, 1.54) is 0 Å². The van der Waals surface area contributed by atoms with Crippen molar-refractivity contribution in [3.8, 4) is 0 Å². The molecule has 0 rings (SSSR count). The number of alkyl halides is 1. The van der Waals surface area contributed by atoms with Crippen molar-refractivity contribution < 1.29 is 4.79 Å². The quantitative estimate of drug-likeness (QED) is 0.500. The molecule has 0 saturated heterocycles. The zero-order valence-corrected chi connectivity index (χ0v) is 9.23. The van der Waals surface area contributed by atoms with Gasteiger partial charge >= 0.3 is 0 Å². The number of nitrogens with one attached hydrogen (secondary N) is 1. The number of unbranched alkanes of at least 4 members (excludes halogenated alkanes) is 1. The highest BCUT2D eigenvalue weighted by Gasteiger charge is 2.06. The first kappa shape index (κ1) is 12.7. The van der Waals surface area contributed by atoms with Crippen molar-refractivity contribution in [2.24, 2.45) is 0 Å². The second kappa shape index (κ2) is 8.32. The van der Waals surface area contributed by atoms with Crippen molar-refractivity contribution >= 4 is 17.5 Å². The van der Waals surface area contributed by atoms with E-state index in [0.717, 1.165) is 25.9 Å². The number of hydrogen-bond acceptors (Lipinski definition) is 2. The van der Waals surface area contributed by atoms with Gasteiger partial charge in [0.15, 0.2) is 0 Å². The molecule has 1 N–H and O–H groups in total. The number of hydrogen-bond donors (Lipinski definition) is 1. The summed E-state index contributed by atoms with van der Waals surface area (Å²) in [4.78, 5) is 13.1. The van der Waals surface area contributed by atoms with Crippen LogP contribution >= 0.6 is 11.6 Å². The van der Waals surface area contributed by atoms with Gasteiger partial charge in [0.2, 0.25) is 5.91 Å². The number of carbonyl (C=O) groups is 1. The molecule has 1 amide bonds. The van der Waals surface area contributed by atoms with E-state index in [9.17, 15) is 4.79 Å². The van der Waals surface area contributed by atoms with Gasteiger partial charge in [-0.2, -0.15) is 0 Å². The maximum absolute atomic E-state index is 11.4. The van der Waals surface area contributed by atoms with Gasteiger partial charge in [0, 0.05) is 32.4 Å². The van der Waals surface area contributed by atoms with E-state index in [4.69, 9.17) is 11.6 Å². The van der Waals surface area contributed by atoms with Crippen LogP contribution in [0.25, 0.3) is 0 Å². The Balaban J connectivity index is 3.45. The largest absolute Gasteiger partial charge is 0.344 e. The van der Waals surface area contributed by atoms with E-state index in [2.05, 4.69) is 5.32 Å². The highest BCUT2D eigenvalue weighted by molar-refractivity contribution is 6.17. The summed E-state index contributed by atoms with van der Waals surface area (Å²) in [5, 5.41) is 3.01. The first-order valence-electron chi connectivity index (χ1n) is 4.67. The topological polar surface area (TPSA) is 32.3 Å². The van der Waals surface area contributed by atoms with Gasteiger partial charge in [0.1, 0.15) is 0 Å². The molecule has 0 aromatic rings. The molecular formula is C9H19ClN2O. The molecule has 0 aliphatic heterocycles. The third-order valence-corrected chi connectivity index (χ3v) is 2.16. The van der Waals surface area contributed by atoms with E-state index in [0.29, 0.717) is 12.3 Å². The van der Waals surface area contributed by atoms with Crippen LogP contribution in [0.4, 0.5) is 0 Å². The third kappa shape index (κ3) is 6.84. The SMILES string of the molecule is CNCCN(C)C(=O)CCCCCl. The van der Waals surface area contributed by atoms with Gasteiger partial charge in [-0.3, -0.25) is 4.79 Å². The Bertz CT molecular complexity index is 142. The minimum atomic E-state index is 0.209. The fourth-order valence-corrected chi connectivity index (χ4v) is 1.15. The lowest BCUT2D eigenvalue weighted by molar-refractivity contribution is -0.129. The van der Waals surface area contributed by atoms with Crippen LogP contribution in [0.5, 0.6) is 0 Å². The van der Waals surface area contributed by atoms with Gasteiger partial charge in [-0.25, -0.2) is 0 Å². The van der Waals surface area contributed by atoms with Crippen molar-refractivity contribution in [1.82, 2.24) is 10.2 Å². The van der Waals surface area contributed by atoms with Crippen molar-refractivity contribution in [1.29, 1.82) is 0 Å². The molecule has 0 saturated carbocycles. The lowest BCUT2D eigenvalue weighted by Crippen LogP contribution is -2.32. The van der Waals surface area contributed by atoms with Crippen molar-refractivity contribution in [3.63, 3.8) is 0 Å². The number of likely N-dealkylation sites (N-methyl/N-ethyl adjacent to an activating group) is 2. The van der Waals surface area contributed by atoms with E-state index in [1.54, 1.807) is 4.90 Å². The van der Waals surface area contributed by atoms with Crippen LogP contribution in [0, 0.1) is 0 Å². The summed E-state index contributed by atoms with van der Waals surface area (Å²) in [6.07, 6.45) is 2.44. The van der Waals surface area contributed by atoms with Gasteiger partial charge in [0.05, 0.1) is 0 Å². The molecule has 78 valence electrons. The fraction of sp³-hybridized carbons (Fsp3) is 0.889. The Kier molecular flexibility index (Phi) is 8.14. The monoisotopic (exact) mass is 206 g/mol. The molecule has 0 bridgehead atoms. The lowest BCUT2D eigenvalue weighted by Gasteiger charge is -2.16. The Morgan fingerprint density at radius 3 is 2.69 bits per heavy atom. The molecule has 3 nitrogen and oxygen atoms in total. The number of carbonyl (C=O) groups excluding carboxylic acids is 1. The van der Waals surface area contributed by atoms with Crippen LogP contribution in [0.2, 0.25) is 0 Å². The molecule has 0 radical (unpaired) electrons. The van der Waals surface area contributed by atoms with Crippen molar-refractivity contribution in [2.75, 3.05) is 33.1 Å². The van der Waals surface area contributed by atoms with Gasteiger partial charge in [0.25, 0.3) is 0 Å². The Hall–Kier alpha value is -0.280. The molecule has 0 fully saturated rings. The predicted molar refractivity (Wildman–Crippen MR) is 56.1 cm³/mol.